The Morgan fingerprint density at radius 1 is 0.967 bits per heavy atom. The van der Waals surface area contributed by atoms with Crippen molar-refractivity contribution in [2.24, 2.45) is 0 Å². The number of hydrogen-bond donors (Lipinski definition) is 1. The van der Waals surface area contributed by atoms with Crippen LogP contribution in [-0.4, -0.2) is 11.1 Å². The molecule has 0 aliphatic carbocycles. The maximum Gasteiger partial charge on any atom is 0.335 e. The van der Waals surface area contributed by atoms with Gasteiger partial charge >= 0.3 is 5.97 Å². The van der Waals surface area contributed by atoms with E-state index in [1.807, 2.05) is 41.8 Å². The molecule has 0 bridgehead atoms. The predicted octanol–water partition coefficient (Wildman–Crippen LogP) is 7.15. The van der Waals surface area contributed by atoms with Crippen LogP contribution in [0.25, 0.3) is 21.6 Å². The number of halogens is 2. The first-order valence-corrected chi connectivity index (χ1v) is 10.4. The van der Waals surface area contributed by atoms with Gasteiger partial charge in [0.2, 0.25) is 0 Å². The van der Waals surface area contributed by atoms with Crippen molar-refractivity contribution < 1.29 is 19.0 Å². The lowest BCUT2D eigenvalue weighted by molar-refractivity contribution is 0.0697. The number of carboxylic acid groups (broad SMARTS) is 1. The van der Waals surface area contributed by atoms with E-state index in [1.165, 1.54) is 29.5 Å². The van der Waals surface area contributed by atoms with Crippen LogP contribution in [0.1, 0.15) is 15.9 Å². The monoisotopic (exact) mass is 438 g/mol. The molecule has 0 radical (unpaired) electrons. The third-order valence-corrected chi connectivity index (χ3v) is 5.77. The lowest BCUT2D eigenvalue weighted by Crippen LogP contribution is -1.98. The Morgan fingerprint density at radius 2 is 1.77 bits per heavy atom. The quantitative estimate of drug-likeness (QED) is 0.347. The normalized spacial score (nSPS) is 10.7. The second kappa shape index (κ2) is 8.69. The number of aromatic carboxylic acids is 1. The molecule has 0 atom stereocenters. The first kappa shape index (κ1) is 20.1. The molecule has 1 N–H and O–H groups in total. The van der Waals surface area contributed by atoms with Crippen LogP contribution in [0.3, 0.4) is 0 Å². The van der Waals surface area contributed by atoms with E-state index in [1.54, 1.807) is 18.2 Å². The van der Waals surface area contributed by atoms with Gasteiger partial charge in [-0.25, -0.2) is 9.18 Å². The van der Waals surface area contributed by atoms with Crippen molar-refractivity contribution in [1.29, 1.82) is 0 Å². The Morgan fingerprint density at radius 3 is 2.53 bits per heavy atom. The SMILES string of the molecule is O=C(O)c1ccc(F)c(-c2sccc2-c2cc(Cl)ccc2OCc2ccccc2)c1. The molecule has 1 heterocycles. The van der Waals surface area contributed by atoms with Crippen LogP contribution >= 0.6 is 22.9 Å². The zero-order valence-electron chi connectivity index (χ0n) is 15.6. The van der Waals surface area contributed by atoms with E-state index in [0.29, 0.717) is 22.3 Å². The first-order chi connectivity index (χ1) is 14.5. The van der Waals surface area contributed by atoms with Crippen LogP contribution in [0, 0.1) is 5.82 Å². The van der Waals surface area contributed by atoms with Gasteiger partial charge in [0.15, 0.2) is 0 Å². The zero-order chi connectivity index (χ0) is 21.1. The van der Waals surface area contributed by atoms with Crippen molar-refractivity contribution in [3.8, 4) is 27.3 Å². The van der Waals surface area contributed by atoms with Gasteiger partial charge in [-0.1, -0.05) is 41.9 Å². The first-order valence-electron chi connectivity index (χ1n) is 9.10. The van der Waals surface area contributed by atoms with Crippen molar-refractivity contribution in [3.05, 3.63) is 100 Å². The zero-order valence-corrected chi connectivity index (χ0v) is 17.2. The molecule has 0 saturated carbocycles. The summed E-state index contributed by atoms with van der Waals surface area (Å²) in [7, 11) is 0. The Bertz CT molecular complexity index is 1200. The number of carboxylic acids is 1. The highest BCUT2D eigenvalue weighted by Gasteiger charge is 2.18. The molecule has 0 aliphatic rings. The molecule has 3 nitrogen and oxygen atoms in total. The van der Waals surface area contributed by atoms with Gasteiger partial charge < -0.3 is 9.84 Å². The summed E-state index contributed by atoms with van der Waals surface area (Å²) >= 11 is 7.57. The van der Waals surface area contributed by atoms with Gasteiger partial charge in [0.1, 0.15) is 18.2 Å². The number of rotatable bonds is 6. The Kier molecular flexibility index (Phi) is 5.84. The Hall–Kier alpha value is -3.15. The topological polar surface area (TPSA) is 46.5 Å². The van der Waals surface area contributed by atoms with Crippen LogP contribution in [0.4, 0.5) is 4.39 Å². The van der Waals surface area contributed by atoms with E-state index in [4.69, 9.17) is 16.3 Å². The van der Waals surface area contributed by atoms with E-state index in [9.17, 15) is 14.3 Å². The van der Waals surface area contributed by atoms with Crippen molar-refractivity contribution in [2.75, 3.05) is 0 Å². The molecule has 0 saturated heterocycles. The van der Waals surface area contributed by atoms with Crippen molar-refractivity contribution in [1.82, 2.24) is 0 Å². The third kappa shape index (κ3) is 4.22. The summed E-state index contributed by atoms with van der Waals surface area (Å²) < 4.78 is 20.6. The van der Waals surface area contributed by atoms with Crippen molar-refractivity contribution >= 4 is 28.9 Å². The fourth-order valence-corrected chi connectivity index (χ4v) is 4.24. The highest BCUT2D eigenvalue weighted by Crippen LogP contribution is 2.43. The molecule has 150 valence electrons. The Labute approximate surface area is 182 Å². The summed E-state index contributed by atoms with van der Waals surface area (Å²) in [6.45, 7) is 0.373. The highest BCUT2D eigenvalue weighted by molar-refractivity contribution is 7.14. The average Bonchev–Trinajstić information content (AvgIpc) is 3.23. The molecule has 4 rings (SSSR count). The second-order valence-electron chi connectivity index (χ2n) is 6.58. The van der Waals surface area contributed by atoms with Gasteiger partial charge in [0.25, 0.3) is 0 Å². The summed E-state index contributed by atoms with van der Waals surface area (Å²) in [6.07, 6.45) is 0. The molecule has 3 aromatic carbocycles. The molecular weight excluding hydrogens is 423 g/mol. The van der Waals surface area contributed by atoms with Crippen LogP contribution in [0.2, 0.25) is 5.02 Å². The standard InChI is InChI=1S/C24H16ClFO3S/c25-17-7-9-22(29-14-15-4-2-1-3-5-15)19(13-17)18-10-11-30-23(18)20-12-16(24(27)28)6-8-21(20)26/h1-13H,14H2,(H,27,28). The van der Waals surface area contributed by atoms with Crippen LogP contribution < -0.4 is 4.74 Å². The highest BCUT2D eigenvalue weighted by atomic mass is 35.5. The minimum atomic E-state index is -1.11. The lowest BCUT2D eigenvalue weighted by Gasteiger charge is -2.14. The molecule has 0 unspecified atom stereocenters. The van der Waals surface area contributed by atoms with E-state index in [2.05, 4.69) is 0 Å². The molecule has 6 heteroatoms. The molecule has 1 aromatic heterocycles. The van der Waals surface area contributed by atoms with Gasteiger partial charge in [0.05, 0.1) is 5.56 Å². The van der Waals surface area contributed by atoms with Crippen LogP contribution in [-0.2, 0) is 6.61 Å². The molecule has 0 amide bonds. The molecule has 30 heavy (non-hydrogen) atoms. The summed E-state index contributed by atoms with van der Waals surface area (Å²) in [4.78, 5) is 12.0. The minimum absolute atomic E-state index is 0.0254. The van der Waals surface area contributed by atoms with Crippen molar-refractivity contribution in [2.45, 2.75) is 6.61 Å². The summed E-state index contributed by atoms with van der Waals surface area (Å²) in [5, 5.41) is 11.6. The number of thiophene rings is 1. The number of carbonyl (C=O) groups is 1. The maximum atomic E-state index is 14.6. The molecule has 0 fully saturated rings. The van der Waals surface area contributed by atoms with Gasteiger partial charge in [-0.15, -0.1) is 11.3 Å². The third-order valence-electron chi connectivity index (χ3n) is 4.59. The van der Waals surface area contributed by atoms with Gasteiger partial charge in [-0.05, 0) is 53.4 Å². The predicted molar refractivity (Wildman–Crippen MR) is 118 cm³/mol. The fraction of sp³-hybridized carbons (Fsp3) is 0.0417. The largest absolute Gasteiger partial charge is 0.488 e. The van der Waals surface area contributed by atoms with E-state index in [-0.39, 0.29) is 11.1 Å². The van der Waals surface area contributed by atoms with Gasteiger partial charge in [-0.2, -0.15) is 0 Å². The summed E-state index contributed by atoms with van der Waals surface area (Å²) in [5.74, 6) is -0.987. The molecule has 4 aromatic rings. The van der Waals surface area contributed by atoms with E-state index < -0.39 is 11.8 Å². The number of benzene rings is 3. The maximum absolute atomic E-state index is 14.6. The number of hydrogen-bond acceptors (Lipinski definition) is 3. The molecule has 0 spiro atoms. The summed E-state index contributed by atoms with van der Waals surface area (Å²) in [6, 6.07) is 20.7. The smallest absolute Gasteiger partial charge is 0.335 e. The number of ether oxygens (including phenoxy) is 1. The van der Waals surface area contributed by atoms with Crippen LogP contribution in [0.15, 0.2) is 78.2 Å². The van der Waals surface area contributed by atoms with Gasteiger partial charge in [-0.3, -0.25) is 0 Å². The molecular formula is C24H16ClFO3S. The van der Waals surface area contributed by atoms with E-state index >= 15 is 0 Å². The second-order valence-corrected chi connectivity index (χ2v) is 7.93. The van der Waals surface area contributed by atoms with Gasteiger partial charge in [0, 0.05) is 26.6 Å². The Balaban J connectivity index is 1.76. The van der Waals surface area contributed by atoms with Crippen molar-refractivity contribution in [3.63, 3.8) is 0 Å². The fourth-order valence-electron chi connectivity index (χ4n) is 3.14. The van der Waals surface area contributed by atoms with Crippen LogP contribution in [0.5, 0.6) is 5.75 Å². The summed E-state index contributed by atoms with van der Waals surface area (Å²) in [5.41, 5.74) is 2.72. The minimum Gasteiger partial charge on any atom is -0.488 e. The molecule has 0 aliphatic heterocycles. The average molecular weight is 439 g/mol. The lowest BCUT2D eigenvalue weighted by atomic mass is 10.00. The van der Waals surface area contributed by atoms with E-state index in [0.717, 1.165) is 16.7 Å².